The van der Waals surface area contributed by atoms with Gasteiger partial charge in [-0.05, 0) is 24.3 Å². The highest BCUT2D eigenvalue weighted by atomic mass is 16.6. The van der Waals surface area contributed by atoms with Crippen molar-refractivity contribution in [1.82, 2.24) is 0 Å². The molecule has 0 amide bonds. The molecule has 19 heavy (non-hydrogen) atoms. The van der Waals surface area contributed by atoms with Crippen molar-refractivity contribution in [3.63, 3.8) is 0 Å². The van der Waals surface area contributed by atoms with Crippen LogP contribution in [0.5, 0.6) is 0 Å². The second kappa shape index (κ2) is 5.21. The van der Waals surface area contributed by atoms with Gasteiger partial charge in [0.2, 0.25) is 5.84 Å². The molecule has 2 rings (SSSR count). The molecule has 7 heteroatoms. The number of oxime groups is 1. The lowest BCUT2D eigenvalue weighted by Crippen LogP contribution is -2.12. The summed E-state index contributed by atoms with van der Waals surface area (Å²) in [6.07, 6.45) is 0. The topological polar surface area (TPSA) is 104 Å². The normalized spacial score (nSPS) is 11.3. The van der Waals surface area contributed by atoms with E-state index in [1.165, 1.54) is 19.2 Å². The van der Waals surface area contributed by atoms with Crippen molar-refractivity contribution in [3.8, 4) is 11.3 Å². The molecule has 0 saturated heterocycles. The summed E-state index contributed by atoms with van der Waals surface area (Å²) in [6, 6.07) is 9.37. The number of furan rings is 1. The minimum absolute atomic E-state index is 0.0241. The molecule has 7 nitrogen and oxygen atoms in total. The van der Waals surface area contributed by atoms with Crippen LogP contribution < -0.4 is 5.73 Å². The van der Waals surface area contributed by atoms with Gasteiger partial charge in [0.15, 0.2) is 5.76 Å². The first-order valence-electron chi connectivity index (χ1n) is 5.33. The fourth-order valence-electron chi connectivity index (χ4n) is 1.52. The highest BCUT2D eigenvalue weighted by Gasteiger charge is 2.10. The number of nitro benzene ring substituents is 1. The third-order valence-corrected chi connectivity index (χ3v) is 2.41. The Bertz CT molecular complexity index is 616. The molecule has 0 aliphatic heterocycles. The van der Waals surface area contributed by atoms with E-state index in [1.807, 2.05) is 0 Å². The van der Waals surface area contributed by atoms with E-state index in [1.54, 1.807) is 24.3 Å². The predicted octanol–water partition coefficient (Wildman–Crippen LogP) is 2.12. The fraction of sp³-hybridized carbons (Fsp3) is 0.0833. The Morgan fingerprint density at radius 3 is 2.58 bits per heavy atom. The van der Waals surface area contributed by atoms with Crippen LogP contribution in [0.2, 0.25) is 0 Å². The molecule has 0 saturated carbocycles. The van der Waals surface area contributed by atoms with Crippen LogP contribution in [0.4, 0.5) is 5.69 Å². The zero-order chi connectivity index (χ0) is 13.8. The minimum atomic E-state index is -0.458. The van der Waals surface area contributed by atoms with Gasteiger partial charge in [0, 0.05) is 17.7 Å². The molecule has 0 bridgehead atoms. The standard InChI is InChI=1S/C12H11N3O4/c1-18-14-12(13)11-7-6-10(19-11)8-2-4-9(5-3-8)15(16)17/h2-7H,1H3,(H2,13,14). The summed E-state index contributed by atoms with van der Waals surface area (Å²) in [5, 5.41) is 14.1. The smallest absolute Gasteiger partial charge is 0.269 e. The van der Waals surface area contributed by atoms with Crippen LogP contribution in [0, 0.1) is 10.1 Å². The van der Waals surface area contributed by atoms with Gasteiger partial charge in [0.05, 0.1) is 4.92 Å². The maximum Gasteiger partial charge on any atom is 0.269 e. The van der Waals surface area contributed by atoms with Gasteiger partial charge in [0.25, 0.3) is 5.69 Å². The van der Waals surface area contributed by atoms with E-state index in [9.17, 15) is 10.1 Å². The lowest BCUT2D eigenvalue weighted by molar-refractivity contribution is -0.384. The van der Waals surface area contributed by atoms with Crippen LogP contribution in [0.3, 0.4) is 0 Å². The van der Waals surface area contributed by atoms with E-state index in [0.29, 0.717) is 17.1 Å². The number of hydrogen-bond donors (Lipinski definition) is 1. The van der Waals surface area contributed by atoms with Gasteiger partial charge < -0.3 is 15.0 Å². The van der Waals surface area contributed by atoms with Crippen molar-refractivity contribution in [2.75, 3.05) is 7.11 Å². The number of non-ortho nitro benzene ring substituents is 1. The fourth-order valence-corrected chi connectivity index (χ4v) is 1.52. The van der Waals surface area contributed by atoms with E-state index in [4.69, 9.17) is 10.2 Å². The third-order valence-electron chi connectivity index (χ3n) is 2.41. The second-order valence-corrected chi connectivity index (χ2v) is 3.63. The Morgan fingerprint density at radius 2 is 2.00 bits per heavy atom. The molecule has 2 N–H and O–H groups in total. The van der Waals surface area contributed by atoms with Gasteiger partial charge >= 0.3 is 0 Å². The molecule has 0 radical (unpaired) electrons. The Balaban J connectivity index is 2.28. The first-order valence-corrected chi connectivity index (χ1v) is 5.33. The van der Waals surface area contributed by atoms with Crippen LogP contribution in [-0.2, 0) is 4.84 Å². The Morgan fingerprint density at radius 1 is 1.32 bits per heavy atom. The zero-order valence-corrected chi connectivity index (χ0v) is 10.1. The summed E-state index contributed by atoms with van der Waals surface area (Å²) in [5.74, 6) is 1.03. The molecule has 0 unspecified atom stereocenters. The molecule has 0 atom stereocenters. The van der Waals surface area contributed by atoms with Crippen LogP contribution in [0.25, 0.3) is 11.3 Å². The van der Waals surface area contributed by atoms with Gasteiger partial charge in [0.1, 0.15) is 12.9 Å². The molecule has 2 aromatic rings. The highest BCUT2D eigenvalue weighted by molar-refractivity contribution is 5.94. The van der Waals surface area contributed by atoms with Gasteiger partial charge in [-0.15, -0.1) is 0 Å². The number of benzene rings is 1. The number of nitrogens with two attached hydrogens (primary N) is 1. The lowest BCUT2D eigenvalue weighted by Gasteiger charge is -1.97. The molecule has 0 fully saturated rings. The largest absolute Gasteiger partial charge is 0.453 e. The summed E-state index contributed by atoms with van der Waals surface area (Å²) in [6.45, 7) is 0. The molecular formula is C12H11N3O4. The second-order valence-electron chi connectivity index (χ2n) is 3.63. The van der Waals surface area contributed by atoms with Gasteiger partial charge in [-0.3, -0.25) is 10.1 Å². The lowest BCUT2D eigenvalue weighted by atomic mass is 10.1. The van der Waals surface area contributed by atoms with E-state index in [0.717, 1.165) is 0 Å². The first kappa shape index (κ1) is 12.6. The average Bonchev–Trinajstić information content (AvgIpc) is 2.89. The highest BCUT2D eigenvalue weighted by Crippen LogP contribution is 2.24. The molecule has 98 valence electrons. The zero-order valence-electron chi connectivity index (χ0n) is 10.1. The van der Waals surface area contributed by atoms with Crippen LogP contribution in [-0.4, -0.2) is 17.9 Å². The van der Waals surface area contributed by atoms with Crippen molar-refractivity contribution < 1.29 is 14.2 Å². The molecule has 0 spiro atoms. The van der Waals surface area contributed by atoms with Crippen molar-refractivity contribution >= 4 is 11.5 Å². The van der Waals surface area contributed by atoms with Crippen molar-refractivity contribution in [3.05, 3.63) is 52.3 Å². The number of nitro groups is 1. The Labute approximate surface area is 108 Å². The van der Waals surface area contributed by atoms with Crippen molar-refractivity contribution in [2.45, 2.75) is 0 Å². The molecule has 0 aliphatic rings. The number of amidine groups is 1. The predicted molar refractivity (Wildman–Crippen MR) is 68.5 cm³/mol. The van der Waals surface area contributed by atoms with E-state index in [-0.39, 0.29) is 11.5 Å². The summed E-state index contributed by atoms with van der Waals surface area (Å²) in [5.41, 5.74) is 6.34. The SMILES string of the molecule is CON=C(N)c1ccc(-c2ccc([N+](=O)[O-])cc2)o1. The molecular weight excluding hydrogens is 250 g/mol. The van der Waals surface area contributed by atoms with Crippen LogP contribution >= 0.6 is 0 Å². The van der Waals surface area contributed by atoms with Crippen molar-refractivity contribution in [2.24, 2.45) is 10.9 Å². The molecule has 1 heterocycles. The molecule has 1 aromatic heterocycles. The summed E-state index contributed by atoms with van der Waals surface area (Å²) >= 11 is 0. The van der Waals surface area contributed by atoms with E-state index >= 15 is 0 Å². The molecule has 1 aromatic carbocycles. The number of rotatable bonds is 4. The summed E-state index contributed by atoms with van der Waals surface area (Å²) in [7, 11) is 1.38. The van der Waals surface area contributed by atoms with Crippen LogP contribution in [0.15, 0.2) is 46.0 Å². The maximum atomic E-state index is 10.6. The quantitative estimate of drug-likeness (QED) is 0.393. The average molecular weight is 261 g/mol. The first-order chi connectivity index (χ1) is 9.11. The monoisotopic (exact) mass is 261 g/mol. The minimum Gasteiger partial charge on any atom is -0.453 e. The van der Waals surface area contributed by atoms with E-state index < -0.39 is 4.92 Å². The van der Waals surface area contributed by atoms with E-state index in [2.05, 4.69) is 9.99 Å². The number of nitrogens with zero attached hydrogens (tertiary/aromatic N) is 2. The summed E-state index contributed by atoms with van der Waals surface area (Å²) < 4.78 is 5.48. The van der Waals surface area contributed by atoms with Crippen LogP contribution in [0.1, 0.15) is 5.76 Å². The Hall–Kier alpha value is -2.83. The summed E-state index contributed by atoms with van der Waals surface area (Å²) in [4.78, 5) is 14.6. The number of hydrogen-bond acceptors (Lipinski definition) is 5. The van der Waals surface area contributed by atoms with Gasteiger partial charge in [-0.25, -0.2) is 0 Å². The van der Waals surface area contributed by atoms with Crippen molar-refractivity contribution in [1.29, 1.82) is 0 Å². The maximum absolute atomic E-state index is 10.6. The Kier molecular flexibility index (Phi) is 3.46. The third kappa shape index (κ3) is 2.71. The van der Waals surface area contributed by atoms with Gasteiger partial charge in [-0.1, -0.05) is 5.16 Å². The molecule has 0 aliphatic carbocycles. The van der Waals surface area contributed by atoms with Gasteiger partial charge in [-0.2, -0.15) is 0 Å².